The molecular weight excluding hydrogens is 418 g/mol. The summed E-state index contributed by atoms with van der Waals surface area (Å²) in [6, 6.07) is 6.25. The molecule has 0 atom stereocenters. The normalized spacial score (nSPS) is 15.4. The zero-order chi connectivity index (χ0) is 22.2. The topological polar surface area (TPSA) is 103 Å². The Kier molecular flexibility index (Phi) is 5.79. The molecule has 0 bridgehead atoms. The number of aromatic nitrogens is 2. The number of aryl methyl sites for hydroxylation is 2. The number of carbonyl (C=O) groups excluding carboxylic acids is 1. The van der Waals surface area contributed by atoms with Crippen molar-refractivity contribution in [1.29, 1.82) is 0 Å². The zero-order valence-electron chi connectivity index (χ0n) is 17.8. The molecule has 1 amide bonds. The summed E-state index contributed by atoms with van der Waals surface area (Å²) in [6.07, 6.45) is 5.35. The number of fused-ring (bicyclic) bond motifs is 1. The van der Waals surface area contributed by atoms with Gasteiger partial charge in [0, 0.05) is 13.1 Å². The minimum atomic E-state index is -3.70. The summed E-state index contributed by atoms with van der Waals surface area (Å²) in [7, 11) is -3.70. The highest BCUT2D eigenvalue weighted by Gasteiger charge is 2.32. The molecular formula is C22H27N3O5S. The smallest absolute Gasteiger partial charge is 0.329 e. The quantitative estimate of drug-likeness (QED) is 0.622. The molecule has 2 aromatic heterocycles. The van der Waals surface area contributed by atoms with E-state index in [1.165, 1.54) is 12.3 Å². The number of imidazole rings is 1. The molecule has 1 fully saturated rings. The number of rotatable bonds is 6. The molecule has 31 heavy (non-hydrogen) atoms. The van der Waals surface area contributed by atoms with Crippen molar-refractivity contribution in [2.45, 2.75) is 69.2 Å². The highest BCUT2D eigenvalue weighted by Crippen LogP contribution is 2.35. The predicted molar refractivity (Wildman–Crippen MR) is 118 cm³/mol. The van der Waals surface area contributed by atoms with Crippen molar-refractivity contribution in [3.63, 3.8) is 0 Å². The third-order valence-electron chi connectivity index (χ3n) is 6.04. The molecule has 9 heteroatoms. The van der Waals surface area contributed by atoms with Gasteiger partial charge in [-0.3, -0.25) is 13.9 Å². The Labute approximate surface area is 180 Å². The van der Waals surface area contributed by atoms with E-state index < -0.39 is 21.0 Å². The Morgan fingerprint density at radius 1 is 1.10 bits per heavy atom. The summed E-state index contributed by atoms with van der Waals surface area (Å²) in [6.45, 7) is 4.56. The van der Waals surface area contributed by atoms with Crippen LogP contribution in [0.5, 0.6) is 0 Å². The highest BCUT2D eigenvalue weighted by molar-refractivity contribution is 7.92. The van der Waals surface area contributed by atoms with Gasteiger partial charge in [0.15, 0.2) is 15.6 Å². The van der Waals surface area contributed by atoms with E-state index >= 15 is 0 Å². The minimum Gasteiger partial charge on any atom is -0.459 e. The second-order valence-corrected chi connectivity index (χ2v) is 10.0. The monoisotopic (exact) mass is 445 g/mol. The lowest BCUT2D eigenvalue weighted by atomic mass is 10.0. The summed E-state index contributed by atoms with van der Waals surface area (Å²) in [4.78, 5) is 25.5. The second kappa shape index (κ2) is 8.37. The maximum atomic E-state index is 13.6. The van der Waals surface area contributed by atoms with Crippen LogP contribution in [-0.4, -0.2) is 28.7 Å². The van der Waals surface area contributed by atoms with Gasteiger partial charge in [-0.2, -0.15) is 0 Å². The molecule has 0 unspecified atom stereocenters. The molecule has 1 saturated carbocycles. The number of nitrogens with one attached hydrogen (secondary N) is 1. The van der Waals surface area contributed by atoms with E-state index in [1.807, 2.05) is 13.8 Å². The fourth-order valence-corrected chi connectivity index (χ4v) is 6.44. The standard InChI is InChI=1S/C22H27N3O5S/c1-3-24-17-13-16(23-21(26)19-11-8-12-30-19)20(14-18(17)25(4-2)22(24)27)31(28,29)15-9-6-5-7-10-15/h8,11-15H,3-7,9-10H2,1-2H3,(H,23,26). The number of nitrogens with zero attached hydrogens (tertiary/aromatic N) is 2. The average molecular weight is 446 g/mol. The number of benzene rings is 1. The molecule has 1 aliphatic carbocycles. The molecule has 166 valence electrons. The van der Waals surface area contributed by atoms with Crippen LogP contribution in [-0.2, 0) is 22.9 Å². The molecule has 1 N–H and O–H groups in total. The summed E-state index contributed by atoms with van der Waals surface area (Å²) >= 11 is 0. The van der Waals surface area contributed by atoms with E-state index in [2.05, 4.69) is 5.32 Å². The lowest BCUT2D eigenvalue weighted by Gasteiger charge is -2.23. The Balaban J connectivity index is 1.92. The number of amides is 1. The molecule has 0 saturated heterocycles. The molecule has 2 heterocycles. The van der Waals surface area contributed by atoms with E-state index in [-0.39, 0.29) is 22.0 Å². The van der Waals surface area contributed by atoms with Gasteiger partial charge in [-0.1, -0.05) is 19.3 Å². The molecule has 0 radical (unpaired) electrons. The van der Waals surface area contributed by atoms with Crippen molar-refractivity contribution in [2.75, 3.05) is 5.32 Å². The van der Waals surface area contributed by atoms with Crippen LogP contribution in [0.4, 0.5) is 5.69 Å². The lowest BCUT2D eigenvalue weighted by molar-refractivity contribution is 0.0996. The molecule has 0 aliphatic heterocycles. The maximum Gasteiger partial charge on any atom is 0.329 e. The lowest BCUT2D eigenvalue weighted by Crippen LogP contribution is -2.25. The number of hydrogen-bond donors (Lipinski definition) is 1. The number of anilines is 1. The van der Waals surface area contributed by atoms with Crippen LogP contribution in [0.15, 0.2) is 44.6 Å². The Hall–Kier alpha value is -2.81. The van der Waals surface area contributed by atoms with Crippen LogP contribution in [0, 0.1) is 0 Å². The first-order chi connectivity index (χ1) is 14.9. The van der Waals surface area contributed by atoms with Crippen LogP contribution in [0.2, 0.25) is 0 Å². The fourth-order valence-electron chi connectivity index (χ4n) is 4.43. The van der Waals surface area contributed by atoms with E-state index in [4.69, 9.17) is 4.42 Å². The molecule has 0 spiro atoms. The first-order valence-corrected chi connectivity index (χ1v) is 12.3. The van der Waals surface area contributed by atoms with Gasteiger partial charge in [0.05, 0.1) is 33.1 Å². The largest absolute Gasteiger partial charge is 0.459 e. The van der Waals surface area contributed by atoms with Gasteiger partial charge in [-0.05, 0) is 51.0 Å². The van der Waals surface area contributed by atoms with Gasteiger partial charge in [0.1, 0.15) is 0 Å². The van der Waals surface area contributed by atoms with Crippen LogP contribution in [0.25, 0.3) is 11.0 Å². The number of hydrogen-bond acceptors (Lipinski definition) is 5. The fraction of sp³-hybridized carbons (Fsp3) is 0.455. The van der Waals surface area contributed by atoms with Crippen molar-refractivity contribution in [1.82, 2.24) is 9.13 Å². The van der Waals surface area contributed by atoms with E-state index in [0.29, 0.717) is 37.0 Å². The summed E-state index contributed by atoms with van der Waals surface area (Å²) in [5, 5.41) is 2.22. The van der Waals surface area contributed by atoms with Gasteiger partial charge >= 0.3 is 5.69 Å². The predicted octanol–water partition coefficient (Wildman–Crippen LogP) is 3.79. The third-order valence-corrected chi connectivity index (χ3v) is 8.34. The Bertz CT molecular complexity index is 1260. The van der Waals surface area contributed by atoms with Crippen LogP contribution in [0.3, 0.4) is 0 Å². The molecule has 8 nitrogen and oxygen atoms in total. The van der Waals surface area contributed by atoms with Crippen molar-refractivity contribution in [3.05, 3.63) is 46.8 Å². The summed E-state index contributed by atoms with van der Waals surface area (Å²) in [5.41, 5.74) is 1.12. The molecule has 1 aromatic carbocycles. The van der Waals surface area contributed by atoms with Gasteiger partial charge in [-0.15, -0.1) is 0 Å². The first-order valence-electron chi connectivity index (χ1n) is 10.7. The number of carbonyl (C=O) groups is 1. The summed E-state index contributed by atoms with van der Waals surface area (Å²) in [5.74, 6) is -0.454. The van der Waals surface area contributed by atoms with E-state index in [1.54, 1.807) is 27.3 Å². The minimum absolute atomic E-state index is 0.0576. The SMILES string of the molecule is CCn1c(=O)n(CC)c2cc(S(=O)(=O)C3CCCCC3)c(NC(=O)c3ccco3)cc21. The van der Waals surface area contributed by atoms with Crippen LogP contribution in [0.1, 0.15) is 56.5 Å². The average Bonchev–Trinajstić information content (AvgIpc) is 3.39. The van der Waals surface area contributed by atoms with E-state index in [0.717, 1.165) is 19.3 Å². The molecule has 4 rings (SSSR count). The van der Waals surface area contributed by atoms with E-state index in [9.17, 15) is 18.0 Å². The van der Waals surface area contributed by atoms with Crippen molar-refractivity contribution in [3.8, 4) is 0 Å². The molecule has 1 aliphatic rings. The number of sulfone groups is 1. The van der Waals surface area contributed by atoms with Crippen molar-refractivity contribution >= 4 is 32.5 Å². The second-order valence-electron chi connectivity index (χ2n) is 7.84. The Morgan fingerprint density at radius 3 is 2.32 bits per heavy atom. The summed E-state index contributed by atoms with van der Waals surface area (Å²) < 4.78 is 35.5. The van der Waals surface area contributed by atoms with Crippen LogP contribution >= 0.6 is 0 Å². The van der Waals surface area contributed by atoms with Gasteiger partial charge < -0.3 is 9.73 Å². The Morgan fingerprint density at radius 2 is 1.74 bits per heavy atom. The molecule has 3 aromatic rings. The highest BCUT2D eigenvalue weighted by atomic mass is 32.2. The van der Waals surface area contributed by atoms with Crippen molar-refractivity contribution < 1.29 is 17.6 Å². The third kappa shape index (κ3) is 3.71. The van der Waals surface area contributed by atoms with Gasteiger partial charge in [-0.25, -0.2) is 13.2 Å². The van der Waals surface area contributed by atoms with Crippen molar-refractivity contribution in [2.24, 2.45) is 0 Å². The zero-order valence-corrected chi connectivity index (χ0v) is 18.6. The van der Waals surface area contributed by atoms with Gasteiger partial charge in [0.25, 0.3) is 5.91 Å². The number of furan rings is 1. The van der Waals surface area contributed by atoms with Gasteiger partial charge in [0.2, 0.25) is 0 Å². The first kappa shape index (κ1) is 21.4. The maximum absolute atomic E-state index is 13.6. The van der Waals surface area contributed by atoms with Crippen LogP contribution < -0.4 is 11.0 Å².